The molecule has 2 aromatic rings. The lowest BCUT2D eigenvalue weighted by atomic mass is 10.3. The third-order valence-electron chi connectivity index (χ3n) is 2.95. The average Bonchev–Trinajstić information content (AvgIpc) is 2.86. The summed E-state index contributed by atoms with van der Waals surface area (Å²) in [6.45, 7) is 0. The molecule has 1 aliphatic rings. The van der Waals surface area contributed by atoms with E-state index in [1.165, 1.54) is 30.3 Å². The van der Waals surface area contributed by atoms with Gasteiger partial charge in [0.25, 0.3) is 10.0 Å². The van der Waals surface area contributed by atoms with Crippen molar-refractivity contribution >= 4 is 21.7 Å². The maximum absolute atomic E-state index is 12.4. The molecule has 0 fully saturated rings. The van der Waals surface area contributed by atoms with Gasteiger partial charge in [0, 0.05) is 0 Å². The Morgan fingerprint density at radius 3 is 2.33 bits per heavy atom. The van der Waals surface area contributed by atoms with Crippen LogP contribution in [0, 0.1) is 0 Å². The Kier molecular flexibility index (Phi) is 3.04. The molecule has 0 radical (unpaired) electrons. The number of hydrogen-bond acceptors (Lipinski definition) is 4. The van der Waals surface area contributed by atoms with Gasteiger partial charge in [0.15, 0.2) is 0 Å². The van der Waals surface area contributed by atoms with Gasteiger partial charge in [-0.3, -0.25) is 0 Å². The number of amides is 2. The second-order valence-corrected chi connectivity index (χ2v) is 6.11. The first-order chi connectivity index (χ1) is 9.98. The van der Waals surface area contributed by atoms with E-state index in [9.17, 15) is 13.2 Å². The fourth-order valence-corrected chi connectivity index (χ4v) is 3.03. The molecular formula is C13H10N4O3S. The Labute approximate surface area is 120 Å². The highest BCUT2D eigenvalue weighted by atomic mass is 32.2. The van der Waals surface area contributed by atoms with Crippen molar-refractivity contribution in [3.05, 3.63) is 59.2 Å². The molecule has 1 aliphatic heterocycles. The summed E-state index contributed by atoms with van der Waals surface area (Å²) in [5.41, 5.74) is 0.200. The molecule has 0 atom stereocenters. The molecule has 2 N–H and O–H groups in total. The van der Waals surface area contributed by atoms with Gasteiger partial charge in [-0.15, -0.1) is 0 Å². The molecule has 0 aliphatic carbocycles. The molecular weight excluding hydrogens is 292 g/mol. The number of nitrogens with zero attached hydrogens (tertiary/aromatic N) is 3. The Bertz CT molecular complexity index is 939. The molecule has 7 nitrogen and oxygen atoms in total. The number of nitrogens with two attached hydrogens (primary N) is 1. The summed E-state index contributed by atoms with van der Waals surface area (Å²) in [6, 6.07) is 11.6. The molecule has 106 valence electrons. The Hall–Kier alpha value is -2.58. The number of anilines is 1. The van der Waals surface area contributed by atoms with Crippen LogP contribution < -0.4 is 21.0 Å². The van der Waals surface area contributed by atoms with Crippen LogP contribution in [-0.2, 0) is 10.0 Å². The molecule has 1 heterocycles. The van der Waals surface area contributed by atoms with E-state index < -0.39 is 16.1 Å². The first kappa shape index (κ1) is 13.4. The van der Waals surface area contributed by atoms with Crippen LogP contribution in [0.4, 0.5) is 10.5 Å². The lowest BCUT2D eigenvalue weighted by Crippen LogP contribution is -2.38. The fraction of sp³-hybridized carbons (Fsp3) is 0. The van der Waals surface area contributed by atoms with Crippen LogP contribution in [0.3, 0.4) is 0 Å². The largest absolute Gasteiger partial charge is 0.368 e. The first-order valence-electron chi connectivity index (χ1n) is 5.95. The van der Waals surface area contributed by atoms with Crippen molar-refractivity contribution in [2.45, 2.75) is 4.90 Å². The molecule has 3 rings (SSSR count). The number of fused-ring (bicyclic) bond motifs is 1. The normalized spacial score (nSPS) is 13.3. The average molecular weight is 302 g/mol. The van der Waals surface area contributed by atoms with Crippen LogP contribution in [0.15, 0.2) is 63.4 Å². The molecule has 8 heteroatoms. The summed E-state index contributed by atoms with van der Waals surface area (Å²) < 4.78 is 25.4. The van der Waals surface area contributed by atoms with E-state index in [4.69, 9.17) is 5.84 Å². The van der Waals surface area contributed by atoms with E-state index in [0.717, 1.165) is 0 Å². The van der Waals surface area contributed by atoms with Gasteiger partial charge in [-0.1, -0.05) is 18.2 Å². The summed E-state index contributed by atoms with van der Waals surface area (Å²) in [6.07, 6.45) is 0. The summed E-state index contributed by atoms with van der Waals surface area (Å²) in [5, 5.41) is 0.700. The van der Waals surface area contributed by atoms with E-state index in [1.807, 2.05) is 0 Å². The van der Waals surface area contributed by atoms with Crippen LogP contribution in [-0.4, -0.2) is 14.4 Å². The minimum absolute atomic E-state index is 0.0747. The van der Waals surface area contributed by atoms with Gasteiger partial charge in [0.05, 0.1) is 21.3 Å². The van der Waals surface area contributed by atoms with Crippen molar-refractivity contribution in [3.63, 3.8) is 0 Å². The SMILES string of the molecule is NN(c1ccc2c(c1)=NC(=O)N=2)S(=O)(=O)c1ccccc1. The molecule has 0 saturated carbocycles. The number of carbonyl (C=O) groups is 1. The van der Waals surface area contributed by atoms with E-state index >= 15 is 0 Å². The van der Waals surface area contributed by atoms with Crippen LogP contribution in [0.1, 0.15) is 0 Å². The second kappa shape index (κ2) is 4.76. The van der Waals surface area contributed by atoms with Gasteiger partial charge in [0.2, 0.25) is 0 Å². The number of hydrazine groups is 1. The summed E-state index contributed by atoms with van der Waals surface area (Å²) in [4.78, 5) is 18.5. The second-order valence-electron chi connectivity index (χ2n) is 4.29. The lowest BCUT2D eigenvalue weighted by molar-refractivity contribution is 0.256. The molecule has 21 heavy (non-hydrogen) atoms. The third kappa shape index (κ3) is 2.30. The zero-order valence-corrected chi connectivity index (χ0v) is 11.5. The van der Waals surface area contributed by atoms with Gasteiger partial charge >= 0.3 is 6.03 Å². The van der Waals surface area contributed by atoms with E-state index in [1.54, 1.807) is 18.2 Å². The zero-order chi connectivity index (χ0) is 15.0. The number of hydrogen-bond donors (Lipinski definition) is 1. The monoisotopic (exact) mass is 302 g/mol. The predicted octanol–water partition coefficient (Wildman–Crippen LogP) is 0.128. The van der Waals surface area contributed by atoms with Crippen molar-refractivity contribution < 1.29 is 13.2 Å². The van der Waals surface area contributed by atoms with E-state index in [2.05, 4.69) is 9.98 Å². The highest BCUT2D eigenvalue weighted by Gasteiger charge is 2.22. The van der Waals surface area contributed by atoms with Crippen molar-refractivity contribution in [2.24, 2.45) is 15.8 Å². The number of urea groups is 1. The van der Waals surface area contributed by atoms with Gasteiger partial charge in [-0.2, -0.15) is 18.4 Å². The lowest BCUT2D eigenvalue weighted by Gasteiger charge is -2.18. The number of rotatable bonds is 3. The topological polar surface area (TPSA) is 105 Å². The Balaban J connectivity index is 2.07. The number of carbonyl (C=O) groups excluding carboxylic acids is 1. The van der Waals surface area contributed by atoms with Crippen LogP contribution in [0.25, 0.3) is 0 Å². The van der Waals surface area contributed by atoms with Crippen LogP contribution in [0.5, 0.6) is 0 Å². The fourth-order valence-electron chi connectivity index (χ4n) is 1.91. The van der Waals surface area contributed by atoms with Crippen LogP contribution >= 0.6 is 0 Å². The summed E-state index contributed by atoms with van der Waals surface area (Å²) in [7, 11) is -3.87. The minimum atomic E-state index is -3.87. The maximum atomic E-state index is 12.4. The zero-order valence-electron chi connectivity index (χ0n) is 10.7. The van der Waals surface area contributed by atoms with Crippen molar-refractivity contribution in [3.8, 4) is 0 Å². The maximum Gasteiger partial charge on any atom is 0.368 e. The smallest absolute Gasteiger partial charge is 0.244 e. The third-order valence-corrected chi connectivity index (χ3v) is 4.54. The van der Waals surface area contributed by atoms with Crippen molar-refractivity contribution in [1.82, 2.24) is 0 Å². The van der Waals surface area contributed by atoms with Crippen LogP contribution in [0.2, 0.25) is 0 Å². The Morgan fingerprint density at radius 1 is 0.952 bits per heavy atom. The number of benzene rings is 2. The highest BCUT2D eigenvalue weighted by molar-refractivity contribution is 7.92. The van der Waals surface area contributed by atoms with Crippen molar-refractivity contribution in [1.29, 1.82) is 0 Å². The van der Waals surface area contributed by atoms with Crippen molar-refractivity contribution in [2.75, 3.05) is 4.41 Å². The van der Waals surface area contributed by atoms with Gasteiger partial charge < -0.3 is 0 Å². The Morgan fingerprint density at radius 2 is 1.62 bits per heavy atom. The highest BCUT2D eigenvalue weighted by Crippen LogP contribution is 2.18. The molecule has 2 aromatic carbocycles. The molecule has 0 bridgehead atoms. The standard InChI is InChI=1S/C13H10N4O3S/c14-17(21(19,20)10-4-2-1-3-5-10)9-6-7-11-12(8-9)16-13(18)15-11/h1-8H,14H2. The minimum Gasteiger partial charge on any atom is -0.244 e. The summed E-state index contributed by atoms with van der Waals surface area (Å²) >= 11 is 0. The molecule has 0 saturated heterocycles. The predicted molar refractivity (Wildman–Crippen MR) is 74.4 cm³/mol. The number of sulfonamides is 1. The molecule has 0 unspecified atom stereocenters. The van der Waals surface area contributed by atoms with E-state index in [0.29, 0.717) is 15.1 Å². The molecule has 0 aromatic heterocycles. The first-order valence-corrected chi connectivity index (χ1v) is 7.39. The summed E-state index contributed by atoms with van der Waals surface area (Å²) in [5.74, 6) is 5.72. The molecule has 2 amide bonds. The molecule has 0 spiro atoms. The quantitative estimate of drug-likeness (QED) is 0.642. The van der Waals surface area contributed by atoms with Gasteiger partial charge in [-0.05, 0) is 30.3 Å². The van der Waals surface area contributed by atoms with Gasteiger partial charge in [-0.25, -0.2) is 15.1 Å². The van der Waals surface area contributed by atoms with Gasteiger partial charge in [0.1, 0.15) is 0 Å². The van der Waals surface area contributed by atoms with E-state index in [-0.39, 0.29) is 10.6 Å².